The van der Waals surface area contributed by atoms with Crippen LogP contribution in [0.2, 0.25) is 0 Å². The summed E-state index contributed by atoms with van der Waals surface area (Å²) >= 11 is 0. The molecule has 0 bridgehead atoms. The van der Waals surface area contributed by atoms with E-state index in [4.69, 9.17) is 0 Å². The van der Waals surface area contributed by atoms with Crippen LogP contribution in [0.4, 0.5) is 0 Å². The van der Waals surface area contributed by atoms with E-state index in [0.717, 1.165) is 5.69 Å². The van der Waals surface area contributed by atoms with Gasteiger partial charge in [-0.05, 0) is 122 Å². The van der Waals surface area contributed by atoms with Gasteiger partial charge in [0.15, 0.2) is 0 Å². The van der Waals surface area contributed by atoms with Crippen molar-refractivity contribution in [3.05, 3.63) is 253 Å². The number of benzene rings is 10. The number of fused-ring (bicyclic) bond motifs is 9. The number of hydrogen-bond acceptors (Lipinski definition) is 0. The summed E-state index contributed by atoms with van der Waals surface area (Å²) in [5.74, 6) is 0.162. The third-order valence-electron chi connectivity index (χ3n) is 13.4. The molecule has 294 valence electrons. The summed E-state index contributed by atoms with van der Waals surface area (Å²) in [4.78, 5) is 0. The molecule has 0 fully saturated rings. The molecule has 0 radical (unpaired) electrons. The second-order valence-electron chi connectivity index (χ2n) is 16.9. The molecular weight excluding hydrogens is 761 g/mol. The Hall–Kier alpha value is -8.20. The Balaban J connectivity index is 0.857. The Morgan fingerprint density at radius 2 is 0.698 bits per heavy atom. The molecule has 12 aromatic rings. The maximum atomic E-state index is 2.42. The molecule has 0 aliphatic heterocycles. The second-order valence-corrected chi connectivity index (χ2v) is 16.9. The lowest BCUT2D eigenvalue weighted by molar-refractivity contribution is 1.02. The Morgan fingerprint density at radius 3 is 1.35 bits per heavy atom. The molecule has 0 amide bonds. The molecule has 0 saturated heterocycles. The zero-order chi connectivity index (χ0) is 41.4. The van der Waals surface area contributed by atoms with Crippen molar-refractivity contribution in [1.82, 2.24) is 9.13 Å². The van der Waals surface area contributed by atoms with Crippen molar-refractivity contribution in [1.29, 1.82) is 0 Å². The molecule has 2 aromatic heterocycles. The predicted octanol–water partition coefficient (Wildman–Crippen LogP) is 16.0. The van der Waals surface area contributed by atoms with Crippen LogP contribution < -0.4 is 0 Å². The summed E-state index contributed by atoms with van der Waals surface area (Å²) in [6.45, 7) is 0. The van der Waals surface area contributed by atoms with E-state index >= 15 is 0 Å². The van der Waals surface area contributed by atoms with Crippen LogP contribution in [0.5, 0.6) is 0 Å². The van der Waals surface area contributed by atoms with Crippen LogP contribution in [0.15, 0.2) is 237 Å². The van der Waals surface area contributed by atoms with Gasteiger partial charge in [0.2, 0.25) is 0 Å². The predicted molar refractivity (Wildman–Crippen MR) is 264 cm³/mol. The monoisotopic (exact) mass is 800 g/mol. The van der Waals surface area contributed by atoms with E-state index in [1.54, 1.807) is 0 Å². The van der Waals surface area contributed by atoms with Crippen LogP contribution in [0, 0.1) is 0 Å². The van der Waals surface area contributed by atoms with Gasteiger partial charge in [-0.15, -0.1) is 0 Å². The summed E-state index contributed by atoms with van der Waals surface area (Å²) in [6.07, 6.45) is 0. The summed E-state index contributed by atoms with van der Waals surface area (Å²) in [7, 11) is 0. The number of hydrogen-bond donors (Lipinski definition) is 0. The number of nitrogens with zero attached hydrogens (tertiary/aromatic N) is 2. The highest BCUT2D eigenvalue weighted by Gasteiger charge is 2.30. The Morgan fingerprint density at radius 1 is 0.254 bits per heavy atom. The van der Waals surface area contributed by atoms with Crippen LogP contribution in [0.3, 0.4) is 0 Å². The fraction of sp³-hybridized carbons (Fsp3) is 0.0164. The van der Waals surface area contributed by atoms with Gasteiger partial charge in [-0.3, -0.25) is 0 Å². The SMILES string of the molecule is c1ccc(-c2cccc(-n3c4ccccc4c4cc(-c5ccc6c(c5)-c5ccccc5C6c5ccc(-c6cccc(-n7c8ccccc8c8ccccc87)c6)cc5)ccc43)c2)cc1. The molecule has 2 heteroatoms. The molecule has 13 rings (SSSR count). The third-order valence-corrected chi connectivity index (χ3v) is 13.4. The molecule has 0 N–H and O–H groups in total. The van der Waals surface area contributed by atoms with Crippen molar-refractivity contribution in [2.24, 2.45) is 0 Å². The Kier molecular flexibility index (Phi) is 8.01. The molecule has 1 unspecified atom stereocenters. The van der Waals surface area contributed by atoms with Crippen LogP contribution in [-0.2, 0) is 0 Å². The van der Waals surface area contributed by atoms with Crippen LogP contribution in [-0.4, -0.2) is 9.13 Å². The van der Waals surface area contributed by atoms with Crippen molar-refractivity contribution in [3.63, 3.8) is 0 Å². The van der Waals surface area contributed by atoms with Gasteiger partial charge in [0.1, 0.15) is 0 Å². The van der Waals surface area contributed by atoms with Crippen molar-refractivity contribution in [2.45, 2.75) is 5.92 Å². The first-order valence-corrected chi connectivity index (χ1v) is 21.9. The van der Waals surface area contributed by atoms with Crippen LogP contribution >= 0.6 is 0 Å². The maximum absolute atomic E-state index is 2.42. The fourth-order valence-corrected chi connectivity index (χ4v) is 10.5. The molecule has 1 aliphatic carbocycles. The van der Waals surface area contributed by atoms with Gasteiger partial charge < -0.3 is 9.13 Å². The molecule has 63 heavy (non-hydrogen) atoms. The number of rotatable bonds is 6. The largest absolute Gasteiger partial charge is 0.309 e. The van der Waals surface area contributed by atoms with E-state index in [1.807, 2.05) is 0 Å². The normalized spacial score (nSPS) is 13.2. The minimum absolute atomic E-state index is 0.162. The molecule has 0 saturated carbocycles. The van der Waals surface area contributed by atoms with Crippen molar-refractivity contribution in [3.8, 4) is 55.9 Å². The average Bonchev–Trinajstić information content (AvgIpc) is 4.00. The molecular formula is C61H40N2. The molecule has 1 aliphatic rings. The van der Waals surface area contributed by atoms with Crippen molar-refractivity contribution >= 4 is 43.6 Å². The summed E-state index contributed by atoms with van der Waals surface area (Å²) in [6, 6.07) is 87.1. The molecule has 2 nitrogen and oxygen atoms in total. The third kappa shape index (κ3) is 5.65. The van der Waals surface area contributed by atoms with E-state index in [0.29, 0.717) is 0 Å². The highest BCUT2D eigenvalue weighted by atomic mass is 15.0. The highest BCUT2D eigenvalue weighted by Crippen LogP contribution is 2.49. The Labute approximate surface area is 366 Å². The zero-order valence-electron chi connectivity index (χ0n) is 34.5. The Bertz CT molecular complexity index is 3680. The topological polar surface area (TPSA) is 9.86 Å². The lowest BCUT2D eigenvalue weighted by Gasteiger charge is -2.16. The first kappa shape index (κ1) is 35.5. The first-order chi connectivity index (χ1) is 31.2. The quantitative estimate of drug-likeness (QED) is 0.159. The van der Waals surface area contributed by atoms with E-state index < -0.39 is 0 Å². The average molecular weight is 801 g/mol. The fourth-order valence-electron chi connectivity index (χ4n) is 10.5. The number of aromatic nitrogens is 2. The van der Waals surface area contributed by atoms with Crippen molar-refractivity contribution < 1.29 is 0 Å². The molecule has 2 heterocycles. The van der Waals surface area contributed by atoms with Gasteiger partial charge in [0.05, 0.1) is 22.1 Å². The van der Waals surface area contributed by atoms with E-state index in [9.17, 15) is 0 Å². The van der Waals surface area contributed by atoms with E-state index in [-0.39, 0.29) is 5.92 Å². The van der Waals surface area contributed by atoms with Crippen LogP contribution in [0.25, 0.3) is 99.5 Å². The van der Waals surface area contributed by atoms with Gasteiger partial charge in [-0.2, -0.15) is 0 Å². The van der Waals surface area contributed by atoms with Gasteiger partial charge >= 0.3 is 0 Å². The van der Waals surface area contributed by atoms with Gasteiger partial charge in [0, 0.05) is 38.8 Å². The standard InChI is InChI=1S/C61H40N2/c1-2-14-40(15-3-1)43-16-12-19-48(36-43)63-59-27-11-8-23-52(59)56-39-46(33-35-60(56)63)45-32-34-54-55(38-45)49-20-4-5-24-53(49)61(54)42-30-28-41(29-31-42)44-17-13-18-47(37-44)62-57-25-9-6-21-50(57)51-22-7-10-26-58(51)62/h1-39,61H. The lowest BCUT2D eigenvalue weighted by atomic mass is 9.88. The van der Waals surface area contributed by atoms with Crippen LogP contribution in [0.1, 0.15) is 22.6 Å². The summed E-state index contributed by atoms with van der Waals surface area (Å²) in [5.41, 5.74) is 21.2. The smallest absolute Gasteiger partial charge is 0.0541 e. The molecule has 10 aromatic carbocycles. The van der Waals surface area contributed by atoms with E-state index in [2.05, 4.69) is 246 Å². The van der Waals surface area contributed by atoms with Gasteiger partial charge in [0.25, 0.3) is 0 Å². The second kappa shape index (κ2) is 14.2. The first-order valence-electron chi connectivity index (χ1n) is 21.9. The summed E-state index contributed by atoms with van der Waals surface area (Å²) < 4.78 is 4.81. The van der Waals surface area contributed by atoms with Crippen molar-refractivity contribution in [2.75, 3.05) is 0 Å². The van der Waals surface area contributed by atoms with E-state index in [1.165, 1.54) is 110 Å². The zero-order valence-corrected chi connectivity index (χ0v) is 34.5. The van der Waals surface area contributed by atoms with Gasteiger partial charge in [-0.25, -0.2) is 0 Å². The maximum Gasteiger partial charge on any atom is 0.0541 e. The number of para-hydroxylation sites is 3. The molecule has 1 atom stereocenters. The highest BCUT2D eigenvalue weighted by molar-refractivity contribution is 6.11. The minimum atomic E-state index is 0.162. The summed E-state index contributed by atoms with van der Waals surface area (Å²) in [5, 5.41) is 5.07. The minimum Gasteiger partial charge on any atom is -0.309 e. The molecule has 0 spiro atoms. The van der Waals surface area contributed by atoms with Gasteiger partial charge in [-0.1, -0.05) is 176 Å². The lowest BCUT2D eigenvalue weighted by Crippen LogP contribution is -1.99.